The first-order valence-electron chi connectivity index (χ1n) is 6.20. The number of rotatable bonds is 7. The van der Waals surface area contributed by atoms with Gasteiger partial charge in [0.05, 0.1) is 18.8 Å². The summed E-state index contributed by atoms with van der Waals surface area (Å²) in [5.74, 6) is 1.83. The van der Waals surface area contributed by atoms with E-state index >= 15 is 0 Å². The van der Waals surface area contributed by atoms with Gasteiger partial charge in [-0.3, -0.25) is 0 Å². The number of carbonyl (C=O) groups is 1. The van der Waals surface area contributed by atoms with Crippen LogP contribution in [-0.2, 0) is 16.1 Å². The molecule has 0 fully saturated rings. The molecule has 1 aromatic carbocycles. The van der Waals surface area contributed by atoms with Gasteiger partial charge in [0.2, 0.25) is 0 Å². The molecular formula is C15H19NO3. The van der Waals surface area contributed by atoms with Crippen LogP contribution in [0.1, 0.15) is 29.3 Å². The van der Waals surface area contributed by atoms with E-state index in [9.17, 15) is 4.79 Å². The van der Waals surface area contributed by atoms with E-state index in [1.54, 1.807) is 18.2 Å². The zero-order valence-electron chi connectivity index (χ0n) is 11.1. The molecule has 0 aliphatic rings. The Bertz CT molecular complexity index is 451. The molecule has 4 heteroatoms. The maximum Gasteiger partial charge on any atom is 0.339 e. The Balaban J connectivity index is 2.52. The van der Waals surface area contributed by atoms with Crippen LogP contribution in [0.25, 0.3) is 0 Å². The van der Waals surface area contributed by atoms with Crippen molar-refractivity contribution in [2.24, 2.45) is 5.73 Å². The molecular weight excluding hydrogens is 242 g/mol. The molecule has 102 valence electrons. The topological polar surface area (TPSA) is 61.5 Å². The molecule has 4 nitrogen and oxygen atoms in total. The van der Waals surface area contributed by atoms with Crippen molar-refractivity contribution in [3.05, 3.63) is 35.4 Å². The third-order valence-electron chi connectivity index (χ3n) is 2.57. The SMILES string of the molecule is C#CCOC(=O)c1cccc(COCC(N)CC)c1. The molecule has 1 aromatic rings. The first-order valence-corrected chi connectivity index (χ1v) is 6.20. The van der Waals surface area contributed by atoms with E-state index in [0.717, 1.165) is 12.0 Å². The molecule has 1 atom stereocenters. The zero-order chi connectivity index (χ0) is 14.1. The average molecular weight is 261 g/mol. The fourth-order valence-corrected chi connectivity index (χ4v) is 1.42. The minimum atomic E-state index is -0.426. The van der Waals surface area contributed by atoms with E-state index in [2.05, 4.69) is 5.92 Å². The van der Waals surface area contributed by atoms with Crippen LogP contribution in [0, 0.1) is 12.3 Å². The van der Waals surface area contributed by atoms with E-state index in [1.165, 1.54) is 0 Å². The molecule has 0 spiro atoms. The number of hydrogen-bond donors (Lipinski definition) is 1. The van der Waals surface area contributed by atoms with Crippen LogP contribution < -0.4 is 5.73 Å². The average Bonchev–Trinajstić information content (AvgIpc) is 2.44. The molecule has 0 heterocycles. The number of hydrogen-bond acceptors (Lipinski definition) is 4. The lowest BCUT2D eigenvalue weighted by molar-refractivity contribution is 0.0556. The number of ether oxygens (including phenoxy) is 2. The van der Waals surface area contributed by atoms with Gasteiger partial charge in [-0.25, -0.2) is 4.79 Å². The number of esters is 1. The third-order valence-corrected chi connectivity index (χ3v) is 2.57. The Kier molecular flexibility index (Phi) is 6.65. The van der Waals surface area contributed by atoms with Crippen LogP contribution in [0.4, 0.5) is 0 Å². The fourth-order valence-electron chi connectivity index (χ4n) is 1.42. The van der Waals surface area contributed by atoms with Gasteiger partial charge in [-0.15, -0.1) is 6.42 Å². The quantitative estimate of drug-likeness (QED) is 0.600. The molecule has 0 aromatic heterocycles. The Morgan fingerprint density at radius 2 is 2.32 bits per heavy atom. The molecule has 0 saturated heterocycles. The molecule has 1 unspecified atom stereocenters. The van der Waals surface area contributed by atoms with Crippen molar-refractivity contribution in [1.29, 1.82) is 0 Å². The highest BCUT2D eigenvalue weighted by Gasteiger charge is 2.07. The molecule has 0 radical (unpaired) electrons. The van der Waals surface area contributed by atoms with Crippen molar-refractivity contribution in [1.82, 2.24) is 0 Å². The number of benzene rings is 1. The second-order valence-electron chi connectivity index (χ2n) is 4.16. The van der Waals surface area contributed by atoms with Crippen molar-refractivity contribution in [2.45, 2.75) is 26.0 Å². The van der Waals surface area contributed by atoms with Crippen LogP contribution in [0.3, 0.4) is 0 Å². The summed E-state index contributed by atoms with van der Waals surface area (Å²) < 4.78 is 10.3. The number of nitrogens with two attached hydrogens (primary N) is 1. The van der Waals surface area contributed by atoms with E-state index in [4.69, 9.17) is 21.6 Å². The highest BCUT2D eigenvalue weighted by molar-refractivity contribution is 5.89. The van der Waals surface area contributed by atoms with Gasteiger partial charge in [-0.1, -0.05) is 25.0 Å². The van der Waals surface area contributed by atoms with Gasteiger partial charge in [-0.2, -0.15) is 0 Å². The molecule has 0 amide bonds. The fraction of sp³-hybridized carbons (Fsp3) is 0.400. The summed E-state index contributed by atoms with van der Waals surface area (Å²) in [6, 6.07) is 7.13. The van der Waals surface area contributed by atoms with Crippen molar-refractivity contribution >= 4 is 5.97 Å². The number of carbonyl (C=O) groups excluding carboxylic acids is 1. The highest BCUT2D eigenvalue weighted by Crippen LogP contribution is 2.08. The summed E-state index contributed by atoms with van der Waals surface area (Å²) in [4.78, 5) is 11.6. The Hall–Kier alpha value is -1.83. The summed E-state index contributed by atoms with van der Waals surface area (Å²) in [5.41, 5.74) is 7.12. The lowest BCUT2D eigenvalue weighted by atomic mass is 10.1. The van der Waals surface area contributed by atoms with Gasteiger partial charge >= 0.3 is 5.97 Å². The molecule has 0 saturated carbocycles. The van der Waals surface area contributed by atoms with E-state index in [-0.39, 0.29) is 12.6 Å². The lowest BCUT2D eigenvalue weighted by Gasteiger charge is -2.10. The molecule has 0 aliphatic carbocycles. The van der Waals surface area contributed by atoms with Crippen LogP contribution in [0.15, 0.2) is 24.3 Å². The molecule has 1 rings (SSSR count). The standard InChI is InChI=1S/C15H19NO3/c1-3-8-19-15(17)13-7-5-6-12(9-13)10-18-11-14(16)4-2/h1,5-7,9,14H,4,8,10-11,16H2,2H3. The minimum Gasteiger partial charge on any atom is -0.449 e. The first-order chi connectivity index (χ1) is 9.17. The van der Waals surface area contributed by atoms with Gasteiger partial charge < -0.3 is 15.2 Å². The smallest absolute Gasteiger partial charge is 0.339 e. The van der Waals surface area contributed by atoms with Crippen LogP contribution in [-0.4, -0.2) is 25.2 Å². The molecule has 2 N–H and O–H groups in total. The van der Waals surface area contributed by atoms with E-state index in [0.29, 0.717) is 18.8 Å². The summed E-state index contributed by atoms with van der Waals surface area (Å²) in [5, 5.41) is 0. The Labute approximate surface area is 113 Å². The van der Waals surface area contributed by atoms with Gasteiger partial charge in [0.25, 0.3) is 0 Å². The summed E-state index contributed by atoms with van der Waals surface area (Å²) in [6.45, 7) is 2.91. The van der Waals surface area contributed by atoms with E-state index < -0.39 is 5.97 Å². The van der Waals surface area contributed by atoms with Gasteiger partial charge in [0.15, 0.2) is 6.61 Å². The van der Waals surface area contributed by atoms with Crippen LogP contribution in [0.5, 0.6) is 0 Å². The largest absolute Gasteiger partial charge is 0.449 e. The first kappa shape index (κ1) is 15.2. The molecule has 19 heavy (non-hydrogen) atoms. The molecule has 0 bridgehead atoms. The van der Waals surface area contributed by atoms with Crippen molar-refractivity contribution in [3.8, 4) is 12.3 Å². The Morgan fingerprint density at radius 1 is 1.53 bits per heavy atom. The van der Waals surface area contributed by atoms with Crippen molar-refractivity contribution in [2.75, 3.05) is 13.2 Å². The predicted octanol–water partition coefficient (Wildman–Crippen LogP) is 1.73. The maximum atomic E-state index is 11.6. The van der Waals surface area contributed by atoms with Gasteiger partial charge in [-0.05, 0) is 24.1 Å². The van der Waals surface area contributed by atoms with Crippen LogP contribution in [0.2, 0.25) is 0 Å². The zero-order valence-corrected chi connectivity index (χ0v) is 11.1. The maximum absolute atomic E-state index is 11.6. The van der Waals surface area contributed by atoms with Crippen molar-refractivity contribution < 1.29 is 14.3 Å². The van der Waals surface area contributed by atoms with Crippen molar-refractivity contribution in [3.63, 3.8) is 0 Å². The molecule has 0 aliphatic heterocycles. The predicted molar refractivity (Wildman–Crippen MR) is 73.5 cm³/mol. The van der Waals surface area contributed by atoms with Gasteiger partial charge in [0.1, 0.15) is 0 Å². The normalized spacial score (nSPS) is 11.6. The second-order valence-corrected chi connectivity index (χ2v) is 4.16. The van der Waals surface area contributed by atoms with Gasteiger partial charge in [0, 0.05) is 6.04 Å². The van der Waals surface area contributed by atoms with E-state index in [1.807, 2.05) is 13.0 Å². The summed E-state index contributed by atoms with van der Waals surface area (Å²) in [7, 11) is 0. The Morgan fingerprint density at radius 3 is 3.00 bits per heavy atom. The number of terminal acetylenes is 1. The summed E-state index contributed by atoms with van der Waals surface area (Å²) in [6.07, 6.45) is 5.91. The summed E-state index contributed by atoms with van der Waals surface area (Å²) >= 11 is 0. The minimum absolute atomic E-state index is 0.0229. The lowest BCUT2D eigenvalue weighted by Crippen LogP contribution is -2.24. The highest BCUT2D eigenvalue weighted by atomic mass is 16.5. The van der Waals surface area contributed by atoms with Crippen LogP contribution >= 0.6 is 0 Å². The monoisotopic (exact) mass is 261 g/mol. The second kappa shape index (κ2) is 8.30. The third kappa shape index (κ3) is 5.56.